The molecule has 0 aliphatic carbocycles. The Morgan fingerprint density at radius 1 is 1.50 bits per heavy atom. The lowest BCUT2D eigenvalue weighted by Crippen LogP contribution is -2.18. The number of carbonyl (C=O) groups excluding carboxylic acids is 1. The largest absolute Gasteiger partial charge is 0.459 e. The highest BCUT2D eigenvalue weighted by molar-refractivity contribution is 6.43. The van der Waals surface area contributed by atoms with Crippen molar-refractivity contribution in [2.45, 2.75) is 18.9 Å². The first-order valence-corrected chi connectivity index (χ1v) is 6.67. The molecule has 1 aromatic carbocycles. The van der Waals surface area contributed by atoms with Crippen LogP contribution in [-0.4, -0.2) is 30.2 Å². The third-order valence-electron chi connectivity index (χ3n) is 2.87. The number of hydrogen-bond donors (Lipinski definition) is 0. The Morgan fingerprint density at radius 2 is 2.25 bits per heavy atom. The molecule has 1 aliphatic heterocycles. The zero-order chi connectivity index (χ0) is 14.7. The van der Waals surface area contributed by atoms with Crippen LogP contribution in [0.15, 0.2) is 12.1 Å². The first-order valence-electron chi connectivity index (χ1n) is 5.91. The molecule has 1 heterocycles. The van der Waals surface area contributed by atoms with E-state index in [4.69, 9.17) is 32.7 Å². The van der Waals surface area contributed by atoms with Crippen molar-refractivity contribution in [3.8, 4) is 0 Å². The van der Waals surface area contributed by atoms with Crippen molar-refractivity contribution < 1.29 is 19.2 Å². The molecule has 108 valence electrons. The number of nitro benzene ring substituents is 1. The average molecular weight is 320 g/mol. The number of benzene rings is 1. The van der Waals surface area contributed by atoms with Crippen molar-refractivity contribution in [3.63, 3.8) is 0 Å². The van der Waals surface area contributed by atoms with Crippen molar-refractivity contribution in [2.24, 2.45) is 0 Å². The quantitative estimate of drug-likeness (QED) is 0.483. The molecule has 1 saturated heterocycles. The van der Waals surface area contributed by atoms with Crippen LogP contribution < -0.4 is 0 Å². The molecule has 1 fully saturated rings. The van der Waals surface area contributed by atoms with Gasteiger partial charge >= 0.3 is 5.97 Å². The van der Waals surface area contributed by atoms with Crippen molar-refractivity contribution in [1.29, 1.82) is 0 Å². The van der Waals surface area contributed by atoms with Crippen molar-refractivity contribution in [2.75, 3.05) is 13.2 Å². The van der Waals surface area contributed by atoms with Gasteiger partial charge in [-0.25, -0.2) is 4.79 Å². The molecule has 0 spiro atoms. The maximum atomic E-state index is 11.9. The Kier molecular flexibility index (Phi) is 4.80. The van der Waals surface area contributed by atoms with Crippen LogP contribution >= 0.6 is 23.2 Å². The number of non-ortho nitro benzene ring substituents is 1. The van der Waals surface area contributed by atoms with Gasteiger partial charge in [0.15, 0.2) is 0 Å². The van der Waals surface area contributed by atoms with E-state index in [0.29, 0.717) is 6.61 Å². The van der Waals surface area contributed by atoms with Crippen LogP contribution in [0.5, 0.6) is 0 Å². The van der Waals surface area contributed by atoms with Crippen LogP contribution in [0.1, 0.15) is 23.2 Å². The Hall–Kier alpha value is -1.37. The highest BCUT2D eigenvalue weighted by Crippen LogP contribution is 2.31. The third-order valence-corrected chi connectivity index (χ3v) is 3.67. The molecule has 6 nitrogen and oxygen atoms in total. The van der Waals surface area contributed by atoms with Gasteiger partial charge < -0.3 is 9.47 Å². The predicted octanol–water partition coefficient (Wildman–Crippen LogP) is 3.24. The van der Waals surface area contributed by atoms with Crippen LogP contribution in [0.2, 0.25) is 10.0 Å². The molecule has 20 heavy (non-hydrogen) atoms. The number of ether oxygens (including phenoxy) is 2. The minimum Gasteiger partial charge on any atom is -0.459 e. The molecule has 0 saturated carbocycles. The summed E-state index contributed by atoms with van der Waals surface area (Å²) in [6.07, 6.45) is 1.61. The second kappa shape index (κ2) is 6.39. The monoisotopic (exact) mass is 319 g/mol. The zero-order valence-corrected chi connectivity index (χ0v) is 11.8. The lowest BCUT2D eigenvalue weighted by atomic mass is 10.2. The number of carbonyl (C=O) groups is 1. The number of rotatable bonds is 4. The molecular weight excluding hydrogens is 309 g/mol. The Labute approximate surface area is 124 Å². The molecule has 2 rings (SSSR count). The third kappa shape index (κ3) is 3.39. The molecule has 1 aliphatic rings. The number of nitro groups is 1. The molecule has 0 aromatic heterocycles. The maximum absolute atomic E-state index is 11.9. The number of hydrogen-bond acceptors (Lipinski definition) is 5. The van der Waals surface area contributed by atoms with E-state index in [2.05, 4.69) is 0 Å². The van der Waals surface area contributed by atoms with Crippen LogP contribution in [0.25, 0.3) is 0 Å². The van der Waals surface area contributed by atoms with E-state index in [1.165, 1.54) is 0 Å². The topological polar surface area (TPSA) is 78.7 Å². The summed E-state index contributed by atoms with van der Waals surface area (Å²) in [7, 11) is 0. The predicted molar refractivity (Wildman–Crippen MR) is 72.4 cm³/mol. The number of esters is 1. The normalized spacial score (nSPS) is 18.0. The van der Waals surface area contributed by atoms with Crippen molar-refractivity contribution in [1.82, 2.24) is 0 Å². The standard InChI is InChI=1S/C12H11Cl2NO5/c13-10-5-7(15(17)18)4-9(11(10)14)12(16)20-6-8-2-1-3-19-8/h4-5,8H,1-3,6H2. The Bertz CT molecular complexity index is 543. The summed E-state index contributed by atoms with van der Waals surface area (Å²) in [6.45, 7) is 0.737. The highest BCUT2D eigenvalue weighted by Gasteiger charge is 2.23. The lowest BCUT2D eigenvalue weighted by molar-refractivity contribution is -0.384. The van der Waals surface area contributed by atoms with Gasteiger partial charge in [-0.3, -0.25) is 10.1 Å². The summed E-state index contributed by atoms with van der Waals surface area (Å²) in [5, 5.41) is 10.6. The number of nitrogens with zero attached hydrogens (tertiary/aromatic N) is 1. The van der Waals surface area contributed by atoms with Gasteiger partial charge in [0.1, 0.15) is 6.61 Å². The summed E-state index contributed by atoms with van der Waals surface area (Å²) in [6, 6.07) is 2.13. The molecule has 8 heteroatoms. The summed E-state index contributed by atoms with van der Waals surface area (Å²) >= 11 is 11.6. The van der Waals surface area contributed by atoms with Crippen LogP contribution in [0.4, 0.5) is 5.69 Å². The molecule has 1 aromatic rings. The molecule has 1 unspecified atom stereocenters. The van der Waals surface area contributed by atoms with E-state index in [-0.39, 0.29) is 34.0 Å². The second-order valence-corrected chi connectivity index (χ2v) is 5.06. The lowest BCUT2D eigenvalue weighted by Gasteiger charge is -2.11. The van der Waals surface area contributed by atoms with E-state index < -0.39 is 10.9 Å². The smallest absolute Gasteiger partial charge is 0.340 e. The average Bonchev–Trinajstić information content (AvgIpc) is 2.92. The fraction of sp³-hybridized carbons (Fsp3) is 0.417. The summed E-state index contributed by atoms with van der Waals surface area (Å²) in [5.74, 6) is -0.754. The maximum Gasteiger partial charge on any atom is 0.340 e. The summed E-state index contributed by atoms with van der Waals surface area (Å²) < 4.78 is 10.4. The van der Waals surface area contributed by atoms with Gasteiger partial charge in [-0.1, -0.05) is 23.2 Å². The molecular formula is C12H11Cl2NO5. The van der Waals surface area contributed by atoms with Gasteiger partial charge in [0.05, 0.1) is 26.6 Å². The van der Waals surface area contributed by atoms with Gasteiger partial charge in [0.25, 0.3) is 5.69 Å². The van der Waals surface area contributed by atoms with E-state index >= 15 is 0 Å². The van der Waals surface area contributed by atoms with Crippen LogP contribution in [0, 0.1) is 10.1 Å². The fourth-order valence-corrected chi connectivity index (χ4v) is 2.25. The summed E-state index contributed by atoms with van der Waals surface area (Å²) in [5.41, 5.74) is -0.438. The van der Waals surface area contributed by atoms with Gasteiger partial charge in [0.2, 0.25) is 0 Å². The van der Waals surface area contributed by atoms with E-state index in [1.807, 2.05) is 0 Å². The van der Waals surface area contributed by atoms with Crippen LogP contribution in [0.3, 0.4) is 0 Å². The second-order valence-electron chi connectivity index (χ2n) is 4.28. The van der Waals surface area contributed by atoms with Gasteiger partial charge in [-0.15, -0.1) is 0 Å². The number of halogens is 2. The van der Waals surface area contributed by atoms with Gasteiger partial charge in [0, 0.05) is 18.7 Å². The summed E-state index contributed by atoms with van der Waals surface area (Å²) in [4.78, 5) is 22.0. The minimum absolute atomic E-state index is 0.0605. The molecule has 0 amide bonds. The first kappa shape index (κ1) is 15.0. The van der Waals surface area contributed by atoms with Crippen molar-refractivity contribution >= 4 is 34.9 Å². The molecule has 0 N–H and O–H groups in total. The Morgan fingerprint density at radius 3 is 2.85 bits per heavy atom. The zero-order valence-electron chi connectivity index (χ0n) is 10.3. The van der Waals surface area contributed by atoms with E-state index in [1.54, 1.807) is 0 Å². The van der Waals surface area contributed by atoms with Gasteiger partial charge in [-0.2, -0.15) is 0 Å². The SMILES string of the molecule is O=C(OCC1CCCO1)c1cc([N+](=O)[O-])cc(Cl)c1Cl. The van der Waals surface area contributed by atoms with E-state index in [9.17, 15) is 14.9 Å². The van der Waals surface area contributed by atoms with Gasteiger partial charge in [-0.05, 0) is 12.8 Å². The molecule has 0 bridgehead atoms. The fourth-order valence-electron chi connectivity index (χ4n) is 1.85. The Balaban J connectivity index is 2.13. The minimum atomic E-state index is -0.754. The first-order chi connectivity index (χ1) is 9.49. The van der Waals surface area contributed by atoms with E-state index in [0.717, 1.165) is 25.0 Å². The molecule has 0 radical (unpaired) electrons. The van der Waals surface area contributed by atoms with Crippen LogP contribution in [-0.2, 0) is 9.47 Å². The molecule has 1 atom stereocenters. The van der Waals surface area contributed by atoms with Crippen molar-refractivity contribution in [3.05, 3.63) is 37.9 Å². The highest BCUT2D eigenvalue weighted by atomic mass is 35.5.